The number of ether oxygens (including phenoxy) is 1. The van der Waals surface area contributed by atoms with E-state index >= 15 is 0 Å². The van der Waals surface area contributed by atoms with Gasteiger partial charge in [-0.15, -0.1) is 0 Å². The zero-order valence-electron chi connectivity index (χ0n) is 13.9. The molecule has 5 heteroatoms. The van der Waals surface area contributed by atoms with Crippen molar-refractivity contribution in [2.75, 3.05) is 20.3 Å². The molecule has 0 aromatic heterocycles. The van der Waals surface area contributed by atoms with Crippen molar-refractivity contribution in [2.24, 2.45) is 5.41 Å². The van der Waals surface area contributed by atoms with E-state index < -0.39 is 5.41 Å². The zero-order chi connectivity index (χ0) is 16.6. The van der Waals surface area contributed by atoms with Crippen LogP contribution in [0.15, 0.2) is 30.3 Å². The van der Waals surface area contributed by atoms with E-state index in [1.165, 1.54) is 0 Å². The molecule has 2 atom stereocenters. The molecule has 0 radical (unpaired) electrons. The molecule has 0 aliphatic rings. The van der Waals surface area contributed by atoms with E-state index in [9.17, 15) is 9.90 Å². The Hall–Kier alpha value is -1.59. The van der Waals surface area contributed by atoms with Gasteiger partial charge in [0.1, 0.15) is 0 Å². The second-order valence-electron chi connectivity index (χ2n) is 6.17. The van der Waals surface area contributed by atoms with Gasteiger partial charge in [-0.3, -0.25) is 0 Å². The second kappa shape index (κ2) is 8.76. The van der Waals surface area contributed by atoms with E-state index in [1.54, 1.807) is 7.11 Å². The van der Waals surface area contributed by atoms with Crippen LogP contribution in [0.25, 0.3) is 0 Å². The van der Waals surface area contributed by atoms with E-state index in [2.05, 4.69) is 10.6 Å². The first kappa shape index (κ1) is 18.5. The number of carbonyl (C=O) groups excluding carboxylic acids is 1. The number of aliphatic hydroxyl groups is 1. The Morgan fingerprint density at radius 1 is 1.27 bits per heavy atom. The normalized spacial score (nSPS) is 14.2. The van der Waals surface area contributed by atoms with Crippen molar-refractivity contribution in [1.29, 1.82) is 0 Å². The van der Waals surface area contributed by atoms with Crippen molar-refractivity contribution in [3.8, 4) is 0 Å². The molecule has 0 fully saturated rings. The molecule has 2 amide bonds. The van der Waals surface area contributed by atoms with Gasteiger partial charge in [0.2, 0.25) is 0 Å². The van der Waals surface area contributed by atoms with Crippen molar-refractivity contribution in [1.82, 2.24) is 10.6 Å². The molecule has 0 heterocycles. The highest BCUT2D eigenvalue weighted by Gasteiger charge is 2.31. The molecule has 0 bridgehead atoms. The van der Waals surface area contributed by atoms with Crippen LogP contribution in [0.5, 0.6) is 0 Å². The molecule has 2 unspecified atom stereocenters. The molecule has 0 saturated carbocycles. The van der Waals surface area contributed by atoms with Crippen LogP contribution >= 0.6 is 0 Å². The van der Waals surface area contributed by atoms with Crippen LogP contribution in [-0.4, -0.2) is 37.5 Å². The van der Waals surface area contributed by atoms with Crippen molar-refractivity contribution in [3.05, 3.63) is 35.9 Å². The van der Waals surface area contributed by atoms with Gasteiger partial charge in [-0.1, -0.05) is 51.1 Å². The summed E-state index contributed by atoms with van der Waals surface area (Å²) in [6, 6.07) is 9.13. The number of methoxy groups -OCH3 is 1. The molecule has 0 spiro atoms. The number of nitrogens with one attached hydrogen (secondary N) is 2. The molecule has 124 valence electrons. The summed E-state index contributed by atoms with van der Waals surface area (Å²) in [5.74, 6) is 0. The summed E-state index contributed by atoms with van der Waals surface area (Å²) >= 11 is 0. The average molecular weight is 308 g/mol. The van der Waals surface area contributed by atoms with Gasteiger partial charge in [-0.2, -0.15) is 0 Å². The third-order valence-electron chi connectivity index (χ3n) is 3.79. The first-order valence-electron chi connectivity index (χ1n) is 7.66. The van der Waals surface area contributed by atoms with Crippen LogP contribution < -0.4 is 10.6 Å². The number of amides is 2. The summed E-state index contributed by atoms with van der Waals surface area (Å²) in [5.41, 5.74) is 0.498. The summed E-state index contributed by atoms with van der Waals surface area (Å²) in [7, 11) is 1.61. The number of aliphatic hydroxyl groups excluding tert-OH is 1. The van der Waals surface area contributed by atoms with Crippen LogP contribution in [0.1, 0.15) is 38.8 Å². The van der Waals surface area contributed by atoms with Crippen LogP contribution in [0.3, 0.4) is 0 Å². The number of urea groups is 1. The lowest BCUT2D eigenvalue weighted by Crippen LogP contribution is -2.48. The summed E-state index contributed by atoms with van der Waals surface area (Å²) in [6.45, 7) is 6.30. The minimum absolute atomic E-state index is 0.0257. The molecule has 1 rings (SSSR count). The monoisotopic (exact) mass is 308 g/mol. The Labute approximate surface area is 133 Å². The van der Waals surface area contributed by atoms with Crippen LogP contribution in [0.4, 0.5) is 4.79 Å². The van der Waals surface area contributed by atoms with Gasteiger partial charge in [-0.05, 0) is 12.0 Å². The van der Waals surface area contributed by atoms with E-state index in [0.717, 1.165) is 12.0 Å². The Morgan fingerprint density at radius 2 is 1.91 bits per heavy atom. The standard InChI is InChI=1S/C17H28N2O3/c1-5-14(11-22-4)18-16(21)19-15(17(2,3)12-20)13-9-7-6-8-10-13/h6-10,14-15,20H,5,11-12H2,1-4H3,(H2,18,19,21). The number of carbonyl (C=O) groups is 1. The van der Waals surface area contributed by atoms with E-state index in [0.29, 0.717) is 6.61 Å². The molecular formula is C17H28N2O3. The fourth-order valence-electron chi connectivity index (χ4n) is 2.29. The maximum absolute atomic E-state index is 12.3. The predicted octanol–water partition coefficient (Wildman–Crippen LogP) is 2.47. The first-order valence-corrected chi connectivity index (χ1v) is 7.66. The lowest BCUT2D eigenvalue weighted by molar-refractivity contribution is 0.116. The highest BCUT2D eigenvalue weighted by atomic mass is 16.5. The number of rotatable bonds is 8. The topological polar surface area (TPSA) is 70.6 Å². The predicted molar refractivity (Wildman–Crippen MR) is 87.7 cm³/mol. The minimum Gasteiger partial charge on any atom is -0.396 e. The van der Waals surface area contributed by atoms with Crippen molar-refractivity contribution < 1.29 is 14.6 Å². The molecule has 0 saturated heterocycles. The largest absolute Gasteiger partial charge is 0.396 e. The van der Waals surface area contributed by atoms with E-state index in [-0.39, 0.29) is 24.7 Å². The van der Waals surface area contributed by atoms with Gasteiger partial charge >= 0.3 is 6.03 Å². The Balaban J connectivity index is 2.84. The number of hydrogen-bond acceptors (Lipinski definition) is 3. The van der Waals surface area contributed by atoms with Crippen LogP contribution in [0.2, 0.25) is 0 Å². The maximum atomic E-state index is 12.3. The van der Waals surface area contributed by atoms with Gasteiger partial charge in [0.15, 0.2) is 0 Å². The fraction of sp³-hybridized carbons (Fsp3) is 0.588. The van der Waals surface area contributed by atoms with Gasteiger partial charge in [0, 0.05) is 12.5 Å². The van der Waals surface area contributed by atoms with Crippen molar-refractivity contribution in [3.63, 3.8) is 0 Å². The zero-order valence-corrected chi connectivity index (χ0v) is 13.9. The minimum atomic E-state index is -0.471. The first-order chi connectivity index (χ1) is 10.4. The fourth-order valence-corrected chi connectivity index (χ4v) is 2.29. The van der Waals surface area contributed by atoms with Crippen LogP contribution in [-0.2, 0) is 4.74 Å². The molecule has 1 aromatic carbocycles. The van der Waals surface area contributed by atoms with E-state index in [4.69, 9.17) is 4.74 Å². The molecule has 22 heavy (non-hydrogen) atoms. The lowest BCUT2D eigenvalue weighted by atomic mass is 9.81. The third-order valence-corrected chi connectivity index (χ3v) is 3.79. The second-order valence-corrected chi connectivity index (χ2v) is 6.17. The van der Waals surface area contributed by atoms with Crippen molar-refractivity contribution in [2.45, 2.75) is 39.3 Å². The smallest absolute Gasteiger partial charge is 0.315 e. The summed E-state index contributed by atoms with van der Waals surface area (Å²) < 4.78 is 5.09. The average Bonchev–Trinajstić information content (AvgIpc) is 2.52. The maximum Gasteiger partial charge on any atom is 0.315 e. The molecular weight excluding hydrogens is 280 g/mol. The Bertz CT molecular complexity index is 448. The molecule has 5 nitrogen and oxygen atoms in total. The molecule has 0 aliphatic heterocycles. The van der Waals surface area contributed by atoms with E-state index in [1.807, 2.05) is 51.1 Å². The van der Waals surface area contributed by atoms with Crippen molar-refractivity contribution >= 4 is 6.03 Å². The molecule has 1 aromatic rings. The number of hydrogen-bond donors (Lipinski definition) is 3. The Morgan fingerprint density at radius 3 is 2.41 bits per heavy atom. The summed E-state index contributed by atoms with van der Waals surface area (Å²) in [5, 5.41) is 15.5. The molecule has 3 N–H and O–H groups in total. The molecule has 0 aliphatic carbocycles. The lowest BCUT2D eigenvalue weighted by Gasteiger charge is -2.34. The number of benzene rings is 1. The third kappa shape index (κ3) is 5.31. The Kier molecular flexibility index (Phi) is 7.35. The van der Waals surface area contributed by atoms with Gasteiger partial charge in [-0.25, -0.2) is 4.79 Å². The SMILES string of the molecule is CCC(COC)NC(=O)NC(c1ccccc1)C(C)(C)CO. The van der Waals surface area contributed by atoms with Crippen LogP contribution in [0, 0.1) is 5.41 Å². The van der Waals surface area contributed by atoms with Gasteiger partial charge < -0.3 is 20.5 Å². The summed E-state index contributed by atoms with van der Waals surface area (Å²) in [4.78, 5) is 12.3. The van der Waals surface area contributed by atoms with Gasteiger partial charge in [0.25, 0.3) is 0 Å². The highest BCUT2D eigenvalue weighted by Crippen LogP contribution is 2.32. The summed E-state index contributed by atoms with van der Waals surface area (Å²) in [6.07, 6.45) is 0.792. The highest BCUT2D eigenvalue weighted by molar-refractivity contribution is 5.75. The quantitative estimate of drug-likeness (QED) is 0.691. The van der Waals surface area contributed by atoms with Gasteiger partial charge in [0.05, 0.1) is 25.3 Å².